The van der Waals surface area contributed by atoms with Crippen LogP contribution in [0.3, 0.4) is 0 Å². The standard InChI is InChI=1S/C9H18N4/c10-9-5-11-2-1-8(9)7-3-12-6-13-4-7/h7,11-13H,1-6,10H2. The second-order valence-electron chi connectivity index (χ2n) is 3.76. The van der Waals surface area contributed by atoms with Crippen molar-refractivity contribution in [3.63, 3.8) is 0 Å². The van der Waals surface area contributed by atoms with E-state index in [1.165, 1.54) is 5.57 Å². The Morgan fingerprint density at radius 3 is 2.62 bits per heavy atom. The predicted octanol–water partition coefficient (Wildman–Crippen LogP) is -1.04. The number of hydrogen-bond acceptors (Lipinski definition) is 4. The molecule has 0 aliphatic carbocycles. The highest BCUT2D eigenvalue weighted by atomic mass is 15.1. The van der Waals surface area contributed by atoms with Crippen LogP contribution in [-0.2, 0) is 0 Å². The fourth-order valence-corrected chi connectivity index (χ4v) is 2.09. The maximum atomic E-state index is 5.97. The van der Waals surface area contributed by atoms with Crippen LogP contribution >= 0.6 is 0 Å². The topological polar surface area (TPSA) is 62.1 Å². The third kappa shape index (κ3) is 2.02. The molecule has 0 aromatic carbocycles. The summed E-state index contributed by atoms with van der Waals surface area (Å²) in [5.41, 5.74) is 8.49. The summed E-state index contributed by atoms with van der Waals surface area (Å²) >= 11 is 0. The van der Waals surface area contributed by atoms with Gasteiger partial charge in [-0.1, -0.05) is 0 Å². The van der Waals surface area contributed by atoms with Gasteiger partial charge < -0.3 is 21.7 Å². The summed E-state index contributed by atoms with van der Waals surface area (Å²) < 4.78 is 0. The molecule has 2 aliphatic rings. The maximum absolute atomic E-state index is 5.97. The van der Waals surface area contributed by atoms with E-state index in [0.29, 0.717) is 5.92 Å². The van der Waals surface area contributed by atoms with Crippen LogP contribution in [-0.4, -0.2) is 32.8 Å². The minimum Gasteiger partial charge on any atom is -0.401 e. The molecule has 0 unspecified atom stereocenters. The van der Waals surface area contributed by atoms with Crippen LogP contribution in [0.4, 0.5) is 0 Å². The lowest BCUT2D eigenvalue weighted by molar-refractivity contribution is 0.396. The number of hydrogen-bond donors (Lipinski definition) is 4. The zero-order valence-electron chi connectivity index (χ0n) is 7.90. The van der Waals surface area contributed by atoms with E-state index >= 15 is 0 Å². The molecule has 0 bridgehead atoms. The molecule has 2 aliphatic heterocycles. The normalized spacial score (nSPS) is 26.5. The van der Waals surface area contributed by atoms with Crippen LogP contribution in [0, 0.1) is 5.92 Å². The molecule has 5 N–H and O–H groups in total. The Balaban J connectivity index is 2.04. The molecule has 1 fully saturated rings. The van der Waals surface area contributed by atoms with Crippen LogP contribution in [0.1, 0.15) is 6.42 Å². The molecule has 0 aromatic rings. The average molecular weight is 182 g/mol. The van der Waals surface area contributed by atoms with Gasteiger partial charge in [-0.25, -0.2) is 0 Å². The SMILES string of the molecule is NC1=C(C2CNCNC2)CCNC1. The Bertz CT molecular complexity index is 206. The first kappa shape index (κ1) is 8.99. The molecule has 0 radical (unpaired) electrons. The van der Waals surface area contributed by atoms with Crippen molar-refractivity contribution in [3.8, 4) is 0 Å². The van der Waals surface area contributed by atoms with Crippen molar-refractivity contribution in [1.82, 2.24) is 16.0 Å². The van der Waals surface area contributed by atoms with E-state index in [0.717, 1.165) is 45.0 Å². The minimum atomic E-state index is 0.607. The van der Waals surface area contributed by atoms with Gasteiger partial charge in [0, 0.05) is 37.9 Å². The first-order valence-electron chi connectivity index (χ1n) is 4.97. The van der Waals surface area contributed by atoms with E-state index in [-0.39, 0.29) is 0 Å². The highest BCUT2D eigenvalue weighted by molar-refractivity contribution is 5.20. The fourth-order valence-electron chi connectivity index (χ4n) is 2.09. The van der Waals surface area contributed by atoms with Gasteiger partial charge >= 0.3 is 0 Å². The highest BCUT2D eigenvalue weighted by Gasteiger charge is 2.21. The lowest BCUT2D eigenvalue weighted by atomic mass is 9.91. The summed E-state index contributed by atoms with van der Waals surface area (Å²) in [7, 11) is 0. The lowest BCUT2D eigenvalue weighted by Crippen LogP contribution is -2.46. The maximum Gasteiger partial charge on any atom is 0.0454 e. The summed E-state index contributed by atoms with van der Waals surface area (Å²) in [6.07, 6.45) is 1.11. The van der Waals surface area contributed by atoms with Crippen LogP contribution in [0.15, 0.2) is 11.3 Å². The molecule has 4 nitrogen and oxygen atoms in total. The Hall–Kier alpha value is -0.580. The molecule has 4 heteroatoms. The molecular formula is C9H18N4. The Kier molecular flexibility index (Phi) is 2.83. The van der Waals surface area contributed by atoms with Crippen LogP contribution in [0.5, 0.6) is 0 Å². The third-order valence-corrected chi connectivity index (χ3v) is 2.82. The fraction of sp³-hybridized carbons (Fsp3) is 0.778. The van der Waals surface area contributed by atoms with E-state index in [2.05, 4.69) is 16.0 Å². The molecule has 2 rings (SSSR count). The van der Waals surface area contributed by atoms with Crippen molar-refractivity contribution in [2.75, 3.05) is 32.8 Å². The molecule has 0 aromatic heterocycles. The van der Waals surface area contributed by atoms with Crippen molar-refractivity contribution in [3.05, 3.63) is 11.3 Å². The van der Waals surface area contributed by atoms with Gasteiger partial charge in [0.1, 0.15) is 0 Å². The molecular weight excluding hydrogens is 164 g/mol. The molecule has 2 heterocycles. The summed E-state index contributed by atoms with van der Waals surface area (Å²) in [5.74, 6) is 0.607. The zero-order valence-corrected chi connectivity index (χ0v) is 7.90. The summed E-state index contributed by atoms with van der Waals surface area (Å²) in [6.45, 7) is 5.02. The van der Waals surface area contributed by atoms with Gasteiger partial charge in [0.05, 0.1) is 0 Å². The molecule has 0 saturated carbocycles. The number of nitrogens with two attached hydrogens (primary N) is 1. The van der Waals surface area contributed by atoms with Gasteiger partial charge in [0.15, 0.2) is 0 Å². The van der Waals surface area contributed by atoms with Crippen molar-refractivity contribution < 1.29 is 0 Å². The second-order valence-corrected chi connectivity index (χ2v) is 3.76. The van der Waals surface area contributed by atoms with Gasteiger partial charge in [0.2, 0.25) is 0 Å². The third-order valence-electron chi connectivity index (χ3n) is 2.82. The molecule has 13 heavy (non-hydrogen) atoms. The highest BCUT2D eigenvalue weighted by Crippen LogP contribution is 2.19. The molecule has 0 amide bonds. The summed E-state index contributed by atoms with van der Waals surface area (Å²) in [4.78, 5) is 0. The van der Waals surface area contributed by atoms with Crippen LogP contribution in [0.2, 0.25) is 0 Å². The second kappa shape index (κ2) is 4.09. The van der Waals surface area contributed by atoms with Gasteiger partial charge in [-0.3, -0.25) is 0 Å². The van der Waals surface area contributed by atoms with E-state index in [1.54, 1.807) is 0 Å². The Morgan fingerprint density at radius 1 is 1.15 bits per heavy atom. The first-order chi connectivity index (χ1) is 6.38. The molecule has 0 atom stereocenters. The van der Waals surface area contributed by atoms with E-state index < -0.39 is 0 Å². The van der Waals surface area contributed by atoms with Crippen molar-refractivity contribution in [1.29, 1.82) is 0 Å². The van der Waals surface area contributed by atoms with Crippen molar-refractivity contribution in [2.45, 2.75) is 6.42 Å². The minimum absolute atomic E-state index is 0.607. The monoisotopic (exact) mass is 182 g/mol. The van der Waals surface area contributed by atoms with E-state index in [9.17, 15) is 0 Å². The Morgan fingerprint density at radius 2 is 1.92 bits per heavy atom. The van der Waals surface area contributed by atoms with Gasteiger partial charge in [-0.2, -0.15) is 0 Å². The summed E-state index contributed by atoms with van der Waals surface area (Å²) in [5, 5.41) is 9.94. The van der Waals surface area contributed by atoms with Crippen LogP contribution < -0.4 is 21.7 Å². The average Bonchev–Trinajstić information content (AvgIpc) is 2.20. The van der Waals surface area contributed by atoms with Crippen molar-refractivity contribution >= 4 is 0 Å². The molecule has 1 saturated heterocycles. The van der Waals surface area contributed by atoms with E-state index in [1.807, 2.05) is 0 Å². The number of nitrogens with one attached hydrogen (secondary N) is 3. The lowest BCUT2D eigenvalue weighted by Gasteiger charge is -2.30. The zero-order chi connectivity index (χ0) is 9.10. The smallest absolute Gasteiger partial charge is 0.0454 e. The van der Waals surface area contributed by atoms with Gasteiger partial charge in [-0.15, -0.1) is 0 Å². The van der Waals surface area contributed by atoms with E-state index in [4.69, 9.17) is 5.73 Å². The largest absolute Gasteiger partial charge is 0.401 e. The van der Waals surface area contributed by atoms with Gasteiger partial charge in [-0.05, 0) is 18.5 Å². The van der Waals surface area contributed by atoms with Crippen molar-refractivity contribution in [2.24, 2.45) is 11.7 Å². The first-order valence-corrected chi connectivity index (χ1v) is 4.97. The Labute approximate surface area is 78.9 Å². The quantitative estimate of drug-likeness (QED) is 0.418. The predicted molar refractivity (Wildman–Crippen MR) is 53.1 cm³/mol. The number of rotatable bonds is 1. The summed E-state index contributed by atoms with van der Waals surface area (Å²) in [6, 6.07) is 0. The molecule has 0 spiro atoms. The molecule has 74 valence electrons. The van der Waals surface area contributed by atoms with Crippen LogP contribution in [0.25, 0.3) is 0 Å². The van der Waals surface area contributed by atoms with Gasteiger partial charge in [0.25, 0.3) is 0 Å².